The first kappa shape index (κ1) is 22.3. The van der Waals surface area contributed by atoms with Crippen molar-refractivity contribution in [2.24, 2.45) is 5.92 Å². The van der Waals surface area contributed by atoms with Crippen molar-refractivity contribution in [2.75, 3.05) is 19.6 Å². The van der Waals surface area contributed by atoms with Gasteiger partial charge in [0.25, 0.3) is 11.5 Å². The van der Waals surface area contributed by atoms with Gasteiger partial charge in [-0.25, -0.2) is 9.49 Å². The van der Waals surface area contributed by atoms with Crippen LogP contribution in [0.2, 0.25) is 0 Å². The summed E-state index contributed by atoms with van der Waals surface area (Å²) < 4.78 is 14.8. The molecule has 8 heteroatoms. The van der Waals surface area contributed by atoms with E-state index in [4.69, 9.17) is 0 Å². The molecule has 1 aromatic heterocycles. The van der Waals surface area contributed by atoms with E-state index in [-0.39, 0.29) is 34.9 Å². The number of aromatic amines is 1. The molecule has 1 aliphatic heterocycles. The molecule has 7 nitrogen and oxygen atoms in total. The summed E-state index contributed by atoms with van der Waals surface area (Å²) in [5, 5.41) is 7.97. The molecule has 176 valence electrons. The second-order valence-electron chi connectivity index (χ2n) is 9.16. The number of H-pyrrole nitrogens is 1. The number of nitrogens with one attached hydrogen (secondary N) is 1. The summed E-state index contributed by atoms with van der Waals surface area (Å²) in [7, 11) is 0. The van der Waals surface area contributed by atoms with E-state index in [0.717, 1.165) is 23.8 Å². The Labute approximate surface area is 196 Å². The lowest BCUT2D eigenvalue weighted by atomic mass is 10.0. The Hall–Kier alpha value is -3.55. The minimum atomic E-state index is -0.570. The third-order valence-electron chi connectivity index (χ3n) is 6.86. The van der Waals surface area contributed by atoms with Gasteiger partial charge in [0.05, 0.1) is 16.6 Å². The van der Waals surface area contributed by atoms with Crippen molar-refractivity contribution in [3.63, 3.8) is 0 Å². The van der Waals surface area contributed by atoms with Crippen LogP contribution in [0.5, 0.6) is 0 Å². The molecule has 1 saturated heterocycles. The molecule has 1 atom stereocenters. The van der Waals surface area contributed by atoms with E-state index < -0.39 is 5.82 Å². The molecule has 3 aromatic rings. The van der Waals surface area contributed by atoms with Gasteiger partial charge >= 0.3 is 0 Å². The molecule has 2 heterocycles. The van der Waals surface area contributed by atoms with E-state index >= 15 is 0 Å². The molecule has 0 radical (unpaired) electrons. The molecule has 2 fully saturated rings. The molecule has 0 spiro atoms. The van der Waals surface area contributed by atoms with Gasteiger partial charge in [0.2, 0.25) is 5.91 Å². The quantitative estimate of drug-likeness (QED) is 0.631. The first-order chi connectivity index (χ1) is 16.5. The van der Waals surface area contributed by atoms with Gasteiger partial charge in [-0.3, -0.25) is 14.4 Å². The summed E-state index contributed by atoms with van der Waals surface area (Å²) in [4.78, 5) is 41.5. The number of carbonyl (C=O) groups is 2. The lowest BCUT2D eigenvalue weighted by molar-refractivity contribution is -0.135. The number of benzene rings is 2. The number of rotatable bonds is 5. The SMILES string of the molecule is CC[C@H]1CN(C(=O)C2CC2)CCN1C(=O)c1cc(Cc2n[nH]c(=O)c3ccccc23)ccc1F. The van der Waals surface area contributed by atoms with E-state index in [1.807, 2.05) is 24.0 Å². The number of aromatic nitrogens is 2. The van der Waals surface area contributed by atoms with E-state index in [1.165, 1.54) is 6.07 Å². The molecular weight excluding hydrogens is 435 g/mol. The maximum absolute atomic E-state index is 14.8. The van der Waals surface area contributed by atoms with Crippen molar-refractivity contribution in [1.29, 1.82) is 0 Å². The Bertz CT molecular complexity index is 1320. The van der Waals surface area contributed by atoms with Crippen LogP contribution < -0.4 is 5.56 Å². The molecule has 1 aliphatic carbocycles. The maximum Gasteiger partial charge on any atom is 0.272 e. The summed E-state index contributed by atoms with van der Waals surface area (Å²) in [5.41, 5.74) is 1.13. The fourth-order valence-corrected chi connectivity index (χ4v) is 4.76. The average molecular weight is 463 g/mol. The van der Waals surface area contributed by atoms with E-state index in [0.29, 0.717) is 43.6 Å². The van der Waals surface area contributed by atoms with Crippen molar-refractivity contribution in [2.45, 2.75) is 38.6 Å². The van der Waals surface area contributed by atoms with E-state index in [2.05, 4.69) is 10.2 Å². The van der Waals surface area contributed by atoms with Gasteiger partial charge in [-0.05, 0) is 43.0 Å². The summed E-state index contributed by atoms with van der Waals surface area (Å²) >= 11 is 0. The molecule has 1 saturated carbocycles. The zero-order valence-electron chi connectivity index (χ0n) is 19.1. The zero-order valence-corrected chi connectivity index (χ0v) is 19.1. The molecule has 1 N–H and O–H groups in total. The third kappa shape index (κ3) is 4.20. The normalized spacial score (nSPS) is 18.4. The van der Waals surface area contributed by atoms with Crippen molar-refractivity contribution < 1.29 is 14.0 Å². The third-order valence-corrected chi connectivity index (χ3v) is 6.86. The van der Waals surface area contributed by atoms with Crippen LogP contribution in [-0.4, -0.2) is 57.5 Å². The van der Waals surface area contributed by atoms with E-state index in [9.17, 15) is 18.8 Å². The fraction of sp³-hybridized carbons (Fsp3) is 0.385. The van der Waals surface area contributed by atoms with Crippen LogP contribution >= 0.6 is 0 Å². The summed E-state index contributed by atoms with van der Waals surface area (Å²) in [6.07, 6.45) is 2.94. The van der Waals surface area contributed by atoms with Gasteiger partial charge in [-0.1, -0.05) is 31.2 Å². The van der Waals surface area contributed by atoms with Gasteiger partial charge in [-0.2, -0.15) is 5.10 Å². The van der Waals surface area contributed by atoms with Gasteiger partial charge < -0.3 is 9.80 Å². The summed E-state index contributed by atoms with van der Waals surface area (Å²) in [5.74, 6) is -0.603. The molecule has 0 bridgehead atoms. The van der Waals surface area contributed by atoms with Crippen molar-refractivity contribution >= 4 is 22.6 Å². The van der Waals surface area contributed by atoms with Crippen molar-refractivity contribution in [3.8, 4) is 0 Å². The number of carbonyl (C=O) groups excluding carboxylic acids is 2. The van der Waals surface area contributed by atoms with E-state index in [1.54, 1.807) is 29.2 Å². The zero-order chi connectivity index (χ0) is 23.8. The van der Waals surface area contributed by atoms with Crippen LogP contribution in [-0.2, 0) is 11.2 Å². The van der Waals surface area contributed by atoms with Gasteiger partial charge in [0, 0.05) is 43.4 Å². The molecular formula is C26H27FN4O3. The highest BCUT2D eigenvalue weighted by Gasteiger charge is 2.38. The van der Waals surface area contributed by atoms with Gasteiger partial charge in [0.15, 0.2) is 0 Å². The summed E-state index contributed by atoms with van der Waals surface area (Å²) in [6.45, 7) is 3.35. The number of fused-ring (bicyclic) bond motifs is 1. The first-order valence-electron chi connectivity index (χ1n) is 11.8. The monoisotopic (exact) mass is 462 g/mol. The Morgan fingerprint density at radius 3 is 2.62 bits per heavy atom. The highest BCUT2D eigenvalue weighted by molar-refractivity contribution is 5.95. The standard InChI is InChI=1S/C26H27FN4O3/c1-2-18-15-30(25(33)17-8-9-17)11-12-31(18)26(34)21-13-16(7-10-22(21)27)14-23-19-5-3-4-6-20(19)24(32)29-28-23/h3-7,10,13,17-18H,2,8-9,11-12,14-15H2,1H3,(H,29,32)/t18-/m0/s1. The highest BCUT2D eigenvalue weighted by Crippen LogP contribution is 2.32. The van der Waals surface area contributed by atoms with Crippen LogP contribution in [0.1, 0.15) is 47.8 Å². The molecule has 2 aromatic carbocycles. The molecule has 0 unspecified atom stereocenters. The smallest absolute Gasteiger partial charge is 0.272 e. The molecule has 34 heavy (non-hydrogen) atoms. The molecule has 2 amide bonds. The Balaban J connectivity index is 1.38. The van der Waals surface area contributed by atoms with Crippen LogP contribution in [0, 0.1) is 11.7 Å². The average Bonchev–Trinajstić information content (AvgIpc) is 3.71. The van der Waals surface area contributed by atoms with Crippen LogP contribution in [0.15, 0.2) is 47.3 Å². The summed E-state index contributed by atoms with van der Waals surface area (Å²) in [6, 6.07) is 11.6. The number of amides is 2. The van der Waals surface area contributed by atoms with Crippen LogP contribution in [0.4, 0.5) is 4.39 Å². The second kappa shape index (κ2) is 9.00. The number of halogens is 1. The molecule has 2 aliphatic rings. The largest absolute Gasteiger partial charge is 0.339 e. The number of hydrogen-bond donors (Lipinski definition) is 1. The topological polar surface area (TPSA) is 86.4 Å². The van der Waals surface area contributed by atoms with Gasteiger partial charge in [-0.15, -0.1) is 0 Å². The maximum atomic E-state index is 14.8. The van der Waals surface area contributed by atoms with Crippen LogP contribution in [0.25, 0.3) is 10.8 Å². The highest BCUT2D eigenvalue weighted by atomic mass is 19.1. The predicted octanol–water partition coefficient (Wildman–Crippen LogP) is 3.13. The Morgan fingerprint density at radius 1 is 1.12 bits per heavy atom. The lowest BCUT2D eigenvalue weighted by Gasteiger charge is -2.41. The Morgan fingerprint density at radius 2 is 1.88 bits per heavy atom. The number of hydrogen-bond acceptors (Lipinski definition) is 4. The minimum absolute atomic E-state index is 0.0200. The number of piperazine rings is 1. The first-order valence-corrected chi connectivity index (χ1v) is 11.8. The van der Waals surface area contributed by atoms with Crippen LogP contribution in [0.3, 0.4) is 0 Å². The fourth-order valence-electron chi connectivity index (χ4n) is 4.76. The minimum Gasteiger partial charge on any atom is -0.339 e. The Kier molecular flexibility index (Phi) is 5.89. The predicted molar refractivity (Wildman–Crippen MR) is 126 cm³/mol. The van der Waals surface area contributed by atoms with Crippen molar-refractivity contribution in [1.82, 2.24) is 20.0 Å². The lowest BCUT2D eigenvalue weighted by Crippen LogP contribution is -2.56. The molecule has 5 rings (SSSR count). The van der Waals surface area contributed by atoms with Gasteiger partial charge in [0.1, 0.15) is 5.82 Å². The van der Waals surface area contributed by atoms with Crippen molar-refractivity contribution in [3.05, 3.63) is 75.5 Å². The second-order valence-corrected chi connectivity index (χ2v) is 9.16. The number of nitrogens with zero attached hydrogens (tertiary/aromatic N) is 3.